The first kappa shape index (κ1) is 18.6. The monoisotopic (exact) mass is 387 g/mol. The van der Waals surface area contributed by atoms with Gasteiger partial charge in [-0.25, -0.2) is 4.98 Å². The lowest BCUT2D eigenvalue weighted by Gasteiger charge is -2.14. The van der Waals surface area contributed by atoms with E-state index in [2.05, 4.69) is 20.5 Å². The molecular weight excluding hydrogens is 366 g/mol. The fourth-order valence-electron chi connectivity index (χ4n) is 3.01. The maximum atomic E-state index is 12.4. The highest BCUT2D eigenvalue weighted by atomic mass is 16.5. The summed E-state index contributed by atoms with van der Waals surface area (Å²) in [7, 11) is 0. The quantitative estimate of drug-likeness (QED) is 0.526. The van der Waals surface area contributed by atoms with E-state index in [1.54, 1.807) is 12.1 Å². The summed E-state index contributed by atoms with van der Waals surface area (Å²) in [6, 6.07) is 19.1. The van der Waals surface area contributed by atoms with E-state index in [0.717, 1.165) is 17.0 Å². The van der Waals surface area contributed by atoms with E-state index in [1.807, 2.05) is 66.1 Å². The second kappa shape index (κ2) is 8.52. The Hall–Kier alpha value is -3.74. The third-order valence-corrected chi connectivity index (χ3v) is 4.58. The van der Waals surface area contributed by atoms with Crippen molar-refractivity contribution in [1.82, 2.24) is 24.9 Å². The number of fused-ring (bicyclic) bond motifs is 1. The van der Waals surface area contributed by atoms with Crippen LogP contribution in [0.15, 0.2) is 73.1 Å². The molecule has 0 radical (unpaired) electrons. The molecule has 1 N–H and O–H groups in total. The van der Waals surface area contributed by atoms with E-state index < -0.39 is 0 Å². The summed E-state index contributed by atoms with van der Waals surface area (Å²) in [5.74, 6) is 1.10. The van der Waals surface area contributed by atoms with Gasteiger partial charge in [0.05, 0.1) is 5.56 Å². The van der Waals surface area contributed by atoms with Gasteiger partial charge in [0.15, 0.2) is 5.65 Å². The van der Waals surface area contributed by atoms with Gasteiger partial charge in [-0.1, -0.05) is 36.4 Å². The molecule has 3 heterocycles. The van der Waals surface area contributed by atoms with Crippen LogP contribution >= 0.6 is 0 Å². The van der Waals surface area contributed by atoms with Crippen molar-refractivity contribution in [3.8, 4) is 5.88 Å². The zero-order valence-electron chi connectivity index (χ0n) is 16.0. The van der Waals surface area contributed by atoms with Gasteiger partial charge in [-0.15, -0.1) is 10.2 Å². The summed E-state index contributed by atoms with van der Waals surface area (Å²) in [5.41, 5.74) is 2.34. The Morgan fingerprint density at radius 2 is 1.90 bits per heavy atom. The molecule has 0 unspecified atom stereocenters. The molecule has 29 heavy (non-hydrogen) atoms. The summed E-state index contributed by atoms with van der Waals surface area (Å²) in [6.07, 6.45) is 3.89. The lowest BCUT2D eigenvalue weighted by Crippen LogP contribution is -2.26. The van der Waals surface area contributed by atoms with Gasteiger partial charge in [-0.3, -0.25) is 9.20 Å². The Morgan fingerprint density at radius 1 is 1.07 bits per heavy atom. The van der Waals surface area contributed by atoms with Crippen LogP contribution in [0.3, 0.4) is 0 Å². The van der Waals surface area contributed by atoms with E-state index in [-0.39, 0.29) is 12.0 Å². The highest BCUT2D eigenvalue weighted by molar-refractivity contribution is 5.93. The third-order valence-electron chi connectivity index (χ3n) is 4.58. The molecule has 0 bridgehead atoms. The number of hydrogen-bond donors (Lipinski definition) is 1. The Morgan fingerprint density at radius 3 is 2.69 bits per heavy atom. The number of nitrogens with one attached hydrogen (secondary N) is 1. The molecule has 0 aliphatic heterocycles. The minimum atomic E-state index is -0.186. The van der Waals surface area contributed by atoms with Gasteiger partial charge in [-0.2, -0.15) is 0 Å². The minimum absolute atomic E-state index is 0.124. The minimum Gasteiger partial charge on any atom is -0.470 e. The molecule has 0 spiro atoms. The number of carbonyl (C=O) groups is 1. The van der Waals surface area contributed by atoms with Gasteiger partial charge in [0.2, 0.25) is 5.88 Å². The SMILES string of the molecule is C[C@@H](Oc1ccc(C(=O)NCCc2nnc3ccccn23)cn1)c1ccccc1. The molecule has 7 heteroatoms. The summed E-state index contributed by atoms with van der Waals surface area (Å²) in [5, 5.41) is 11.2. The number of aromatic nitrogens is 4. The fraction of sp³-hybridized carbons (Fsp3) is 0.182. The normalized spacial score (nSPS) is 11.9. The number of benzene rings is 1. The lowest BCUT2D eigenvalue weighted by molar-refractivity contribution is 0.0953. The molecule has 4 aromatic rings. The van der Waals surface area contributed by atoms with Crippen molar-refractivity contribution >= 4 is 11.6 Å². The smallest absolute Gasteiger partial charge is 0.252 e. The summed E-state index contributed by atoms with van der Waals surface area (Å²) in [4.78, 5) is 16.6. The van der Waals surface area contributed by atoms with Crippen LogP contribution in [0.25, 0.3) is 5.65 Å². The Bertz CT molecular complexity index is 1090. The van der Waals surface area contributed by atoms with Crippen molar-refractivity contribution in [3.05, 3.63) is 90.0 Å². The fourth-order valence-corrected chi connectivity index (χ4v) is 3.01. The van der Waals surface area contributed by atoms with Crippen molar-refractivity contribution in [2.45, 2.75) is 19.4 Å². The van der Waals surface area contributed by atoms with Gasteiger partial charge in [-0.05, 0) is 30.7 Å². The van der Waals surface area contributed by atoms with Gasteiger partial charge in [0, 0.05) is 31.4 Å². The molecule has 4 rings (SSSR count). The maximum absolute atomic E-state index is 12.4. The summed E-state index contributed by atoms with van der Waals surface area (Å²) >= 11 is 0. The molecule has 1 amide bonds. The Balaban J connectivity index is 1.31. The largest absolute Gasteiger partial charge is 0.470 e. The van der Waals surface area contributed by atoms with Crippen molar-refractivity contribution < 1.29 is 9.53 Å². The van der Waals surface area contributed by atoms with E-state index in [9.17, 15) is 4.79 Å². The lowest BCUT2D eigenvalue weighted by atomic mass is 10.1. The number of amides is 1. The van der Waals surface area contributed by atoms with Crippen LogP contribution in [-0.4, -0.2) is 32.0 Å². The average molecular weight is 387 g/mol. The predicted octanol–water partition coefficient (Wildman–Crippen LogP) is 3.24. The van der Waals surface area contributed by atoms with E-state index in [4.69, 9.17) is 4.74 Å². The number of carbonyl (C=O) groups excluding carboxylic acids is 1. The van der Waals surface area contributed by atoms with E-state index >= 15 is 0 Å². The maximum Gasteiger partial charge on any atom is 0.252 e. The number of rotatable bonds is 7. The van der Waals surface area contributed by atoms with E-state index in [1.165, 1.54) is 6.20 Å². The number of ether oxygens (including phenoxy) is 1. The van der Waals surface area contributed by atoms with Crippen LogP contribution in [0.5, 0.6) is 5.88 Å². The van der Waals surface area contributed by atoms with Crippen LogP contribution in [0.2, 0.25) is 0 Å². The van der Waals surface area contributed by atoms with Crippen molar-refractivity contribution in [1.29, 1.82) is 0 Å². The highest BCUT2D eigenvalue weighted by Gasteiger charge is 2.11. The zero-order chi connectivity index (χ0) is 20.1. The van der Waals surface area contributed by atoms with Crippen LogP contribution < -0.4 is 10.1 Å². The van der Waals surface area contributed by atoms with Gasteiger partial charge in [0.25, 0.3) is 5.91 Å². The molecule has 0 saturated heterocycles. The summed E-state index contributed by atoms with van der Waals surface area (Å²) < 4.78 is 7.76. The highest BCUT2D eigenvalue weighted by Crippen LogP contribution is 2.19. The molecule has 0 saturated carbocycles. The molecule has 0 aliphatic rings. The average Bonchev–Trinajstić information content (AvgIpc) is 3.18. The molecule has 146 valence electrons. The zero-order valence-corrected chi connectivity index (χ0v) is 16.0. The van der Waals surface area contributed by atoms with Crippen LogP contribution in [-0.2, 0) is 6.42 Å². The number of nitrogens with zero attached hydrogens (tertiary/aromatic N) is 4. The molecule has 0 aliphatic carbocycles. The molecule has 7 nitrogen and oxygen atoms in total. The number of hydrogen-bond acceptors (Lipinski definition) is 5. The number of pyridine rings is 2. The standard InChI is InChI=1S/C22H21N5O2/c1-16(17-7-3-2-4-8-17)29-21-11-10-18(15-24-21)22(28)23-13-12-20-26-25-19-9-5-6-14-27(19)20/h2-11,14-16H,12-13H2,1H3,(H,23,28)/t16-/m1/s1. The summed E-state index contributed by atoms with van der Waals surface area (Å²) in [6.45, 7) is 2.42. The second-order valence-electron chi connectivity index (χ2n) is 6.61. The van der Waals surface area contributed by atoms with E-state index in [0.29, 0.717) is 24.4 Å². The molecule has 3 aromatic heterocycles. The van der Waals surface area contributed by atoms with Crippen molar-refractivity contribution in [2.75, 3.05) is 6.54 Å². The second-order valence-corrected chi connectivity index (χ2v) is 6.61. The van der Waals surface area contributed by atoms with Crippen molar-refractivity contribution in [3.63, 3.8) is 0 Å². The predicted molar refractivity (Wildman–Crippen MR) is 109 cm³/mol. The van der Waals surface area contributed by atoms with Gasteiger partial charge in [0.1, 0.15) is 11.9 Å². The first-order valence-corrected chi connectivity index (χ1v) is 9.45. The Labute approximate surface area is 168 Å². The molecular formula is C22H21N5O2. The third kappa shape index (κ3) is 4.40. The van der Waals surface area contributed by atoms with Crippen molar-refractivity contribution in [2.24, 2.45) is 0 Å². The molecule has 0 fully saturated rings. The first-order valence-electron chi connectivity index (χ1n) is 9.45. The molecule has 1 aromatic carbocycles. The van der Waals surface area contributed by atoms with Gasteiger partial charge < -0.3 is 10.1 Å². The first-order chi connectivity index (χ1) is 14.2. The topological polar surface area (TPSA) is 81.4 Å². The van der Waals surface area contributed by atoms with Crippen LogP contribution in [0.4, 0.5) is 0 Å². The van der Waals surface area contributed by atoms with Crippen LogP contribution in [0, 0.1) is 0 Å². The van der Waals surface area contributed by atoms with Gasteiger partial charge >= 0.3 is 0 Å². The Kier molecular flexibility index (Phi) is 5.47. The molecule has 1 atom stereocenters. The van der Waals surface area contributed by atoms with Crippen LogP contribution in [0.1, 0.15) is 34.8 Å².